The zero-order valence-corrected chi connectivity index (χ0v) is 28.4. The average Bonchev–Trinajstić information content (AvgIpc) is 3.71. The summed E-state index contributed by atoms with van der Waals surface area (Å²) in [5.74, 6) is -0.985. The third-order valence-electron chi connectivity index (χ3n) is 8.47. The summed E-state index contributed by atoms with van der Waals surface area (Å²) in [6.45, 7) is 6.58. The summed E-state index contributed by atoms with van der Waals surface area (Å²) in [7, 11) is 3.86. The molecule has 1 fully saturated rings. The van der Waals surface area contributed by atoms with Crippen LogP contribution in [0.15, 0.2) is 60.7 Å². The first-order valence-corrected chi connectivity index (χ1v) is 17.1. The number of fused-ring (bicyclic) bond motifs is 2. The van der Waals surface area contributed by atoms with E-state index in [1.165, 1.54) is 11.3 Å². The largest absolute Gasteiger partial charge is 0.477 e. The second-order valence-corrected chi connectivity index (χ2v) is 14.3. The lowest BCUT2D eigenvalue weighted by molar-refractivity contribution is -0.135. The van der Waals surface area contributed by atoms with Crippen molar-refractivity contribution in [2.24, 2.45) is 0 Å². The van der Waals surface area contributed by atoms with Gasteiger partial charge in [-0.25, -0.2) is 14.8 Å². The average molecular weight is 666 g/mol. The van der Waals surface area contributed by atoms with E-state index in [1.54, 1.807) is 11.3 Å². The normalized spacial score (nSPS) is 13.7. The standard InChI is InChI=1S/C36H35N5O4S2/c1-21-33(46-22(2)37-21)28-13-10-24-18-25(11-12-27(24)38-28)31-30(23-8-6-5-7-9-23)35-32(26(19-39(3)4)34(47-35)36(43)44)41(31)20-29(42)40-14-16-45-17-15-40/h5-13,18H,14-17,19-20H2,1-4H3,(H,43,44). The number of thiophene rings is 1. The number of carbonyl (C=O) groups excluding carboxylic acids is 1. The number of aromatic nitrogens is 3. The molecule has 9 nitrogen and oxygen atoms in total. The Labute approximate surface area is 280 Å². The summed E-state index contributed by atoms with van der Waals surface area (Å²) in [4.78, 5) is 41.3. The number of pyridine rings is 1. The van der Waals surface area contributed by atoms with Crippen molar-refractivity contribution in [3.05, 3.63) is 81.8 Å². The Balaban J connectivity index is 1.48. The van der Waals surface area contributed by atoms with Gasteiger partial charge in [-0.05, 0) is 57.3 Å². The van der Waals surface area contributed by atoms with Crippen LogP contribution in [-0.4, -0.2) is 81.7 Å². The van der Waals surface area contributed by atoms with Crippen LogP contribution in [0.5, 0.6) is 0 Å². The second-order valence-electron chi connectivity index (χ2n) is 12.1. The van der Waals surface area contributed by atoms with Crippen LogP contribution in [0, 0.1) is 13.8 Å². The molecule has 6 aromatic rings. The Morgan fingerprint density at radius 3 is 2.40 bits per heavy atom. The van der Waals surface area contributed by atoms with Crippen LogP contribution in [0.3, 0.4) is 0 Å². The molecule has 0 atom stereocenters. The fourth-order valence-electron chi connectivity index (χ4n) is 6.45. The van der Waals surface area contributed by atoms with E-state index in [2.05, 4.69) is 27.8 Å². The monoisotopic (exact) mass is 665 g/mol. The predicted octanol–water partition coefficient (Wildman–Crippen LogP) is 6.94. The number of amides is 1. The fraction of sp³-hybridized carbons (Fsp3) is 0.278. The molecule has 0 aliphatic carbocycles. The quantitative estimate of drug-likeness (QED) is 0.188. The van der Waals surface area contributed by atoms with E-state index < -0.39 is 5.97 Å². The maximum absolute atomic E-state index is 13.9. The van der Waals surface area contributed by atoms with Crippen LogP contribution in [0.25, 0.3) is 54.1 Å². The minimum atomic E-state index is -0.964. The number of hydrogen-bond donors (Lipinski definition) is 1. The van der Waals surface area contributed by atoms with Crippen LogP contribution in [0.1, 0.15) is 25.9 Å². The van der Waals surface area contributed by atoms with E-state index in [1.807, 2.05) is 80.2 Å². The van der Waals surface area contributed by atoms with Crippen molar-refractivity contribution in [1.82, 2.24) is 24.3 Å². The van der Waals surface area contributed by atoms with Gasteiger partial charge in [-0.2, -0.15) is 0 Å². The van der Waals surface area contributed by atoms with Gasteiger partial charge in [0, 0.05) is 36.1 Å². The van der Waals surface area contributed by atoms with E-state index in [0.29, 0.717) is 43.3 Å². The third-order valence-corrected chi connectivity index (χ3v) is 10.8. The van der Waals surface area contributed by atoms with Crippen molar-refractivity contribution >= 4 is 55.7 Å². The van der Waals surface area contributed by atoms with Crippen LogP contribution in [-0.2, 0) is 22.6 Å². The van der Waals surface area contributed by atoms with E-state index in [4.69, 9.17) is 9.72 Å². The SMILES string of the molecule is Cc1nc(C)c(-c2ccc3cc(-c4c(-c5ccccc5)c5sc(C(=O)O)c(CN(C)C)c5n4CC(=O)N4CCOCC4)ccc3n2)s1. The number of morpholine rings is 1. The van der Waals surface area contributed by atoms with Crippen molar-refractivity contribution in [2.75, 3.05) is 40.4 Å². The number of aromatic carboxylic acids is 1. The van der Waals surface area contributed by atoms with E-state index in [-0.39, 0.29) is 12.5 Å². The fourth-order valence-corrected chi connectivity index (χ4v) is 8.56. The minimum Gasteiger partial charge on any atom is -0.477 e. The highest BCUT2D eigenvalue weighted by molar-refractivity contribution is 7.21. The lowest BCUT2D eigenvalue weighted by atomic mass is 9.99. The number of carboxylic acids is 1. The van der Waals surface area contributed by atoms with Gasteiger partial charge in [0.2, 0.25) is 5.91 Å². The maximum Gasteiger partial charge on any atom is 0.346 e. The molecule has 47 heavy (non-hydrogen) atoms. The van der Waals surface area contributed by atoms with Gasteiger partial charge in [0.1, 0.15) is 11.4 Å². The molecule has 0 unspecified atom stereocenters. The van der Waals surface area contributed by atoms with Gasteiger partial charge < -0.3 is 24.2 Å². The Bertz CT molecular complexity index is 2140. The van der Waals surface area contributed by atoms with Gasteiger partial charge in [-0.3, -0.25) is 4.79 Å². The van der Waals surface area contributed by atoms with Crippen molar-refractivity contribution in [1.29, 1.82) is 0 Å². The molecule has 7 rings (SSSR count). The molecule has 1 amide bonds. The highest BCUT2D eigenvalue weighted by atomic mass is 32.1. The summed E-state index contributed by atoms with van der Waals surface area (Å²) in [6, 6.07) is 20.4. The molecule has 4 aromatic heterocycles. The van der Waals surface area contributed by atoms with Crippen molar-refractivity contribution in [3.8, 4) is 33.0 Å². The first kappa shape index (κ1) is 31.2. The Morgan fingerprint density at radius 2 is 1.72 bits per heavy atom. The first-order chi connectivity index (χ1) is 22.7. The first-order valence-electron chi connectivity index (χ1n) is 15.5. The number of carbonyl (C=O) groups is 2. The Kier molecular flexibility index (Phi) is 8.39. The number of rotatable bonds is 8. The number of thiazole rings is 1. The van der Waals surface area contributed by atoms with Gasteiger partial charge in [0.25, 0.3) is 0 Å². The summed E-state index contributed by atoms with van der Waals surface area (Å²) in [6.07, 6.45) is 0. The van der Waals surface area contributed by atoms with Crippen LogP contribution in [0.4, 0.5) is 0 Å². The molecular formula is C36H35N5O4S2. The highest BCUT2D eigenvalue weighted by Gasteiger charge is 2.30. The highest BCUT2D eigenvalue weighted by Crippen LogP contribution is 2.47. The number of ether oxygens (including phenoxy) is 1. The molecule has 0 saturated carbocycles. The zero-order valence-electron chi connectivity index (χ0n) is 26.7. The molecule has 1 N–H and O–H groups in total. The predicted molar refractivity (Wildman–Crippen MR) is 188 cm³/mol. The smallest absolute Gasteiger partial charge is 0.346 e. The van der Waals surface area contributed by atoms with E-state index in [9.17, 15) is 14.7 Å². The lowest BCUT2D eigenvalue weighted by Gasteiger charge is -2.27. The van der Waals surface area contributed by atoms with Crippen LogP contribution >= 0.6 is 22.7 Å². The lowest BCUT2D eigenvalue weighted by Crippen LogP contribution is -2.42. The molecule has 11 heteroatoms. The Hall–Kier alpha value is -4.42. The Morgan fingerprint density at radius 1 is 0.957 bits per heavy atom. The van der Waals surface area contributed by atoms with Gasteiger partial charge in [-0.1, -0.05) is 42.5 Å². The molecule has 0 radical (unpaired) electrons. The second kappa shape index (κ2) is 12.6. The van der Waals surface area contributed by atoms with E-state index in [0.717, 1.165) is 64.8 Å². The maximum atomic E-state index is 13.9. The summed E-state index contributed by atoms with van der Waals surface area (Å²) in [5, 5.41) is 12.3. The molecule has 1 saturated heterocycles. The minimum absolute atomic E-state index is 0.0211. The molecule has 2 aromatic carbocycles. The molecule has 5 heterocycles. The summed E-state index contributed by atoms with van der Waals surface area (Å²) in [5.41, 5.74) is 7.94. The summed E-state index contributed by atoms with van der Waals surface area (Å²) >= 11 is 2.93. The van der Waals surface area contributed by atoms with Crippen molar-refractivity contribution in [2.45, 2.75) is 26.9 Å². The number of nitrogens with zero attached hydrogens (tertiary/aromatic N) is 5. The van der Waals surface area contributed by atoms with Crippen molar-refractivity contribution < 1.29 is 19.4 Å². The van der Waals surface area contributed by atoms with Crippen LogP contribution < -0.4 is 0 Å². The molecule has 1 aliphatic heterocycles. The number of carboxylic acid groups (broad SMARTS) is 1. The number of hydrogen-bond acceptors (Lipinski definition) is 8. The number of benzene rings is 2. The van der Waals surface area contributed by atoms with Gasteiger partial charge >= 0.3 is 5.97 Å². The van der Waals surface area contributed by atoms with Crippen LogP contribution in [0.2, 0.25) is 0 Å². The molecule has 1 aliphatic rings. The summed E-state index contributed by atoms with van der Waals surface area (Å²) < 4.78 is 8.44. The number of aryl methyl sites for hydroxylation is 2. The molecule has 240 valence electrons. The topological polar surface area (TPSA) is 101 Å². The van der Waals surface area contributed by atoms with Gasteiger partial charge in [0.05, 0.1) is 55.9 Å². The third kappa shape index (κ3) is 5.84. The molecule has 0 spiro atoms. The van der Waals surface area contributed by atoms with Crippen molar-refractivity contribution in [3.63, 3.8) is 0 Å². The molecular weight excluding hydrogens is 631 g/mol. The molecule has 0 bridgehead atoms. The zero-order chi connectivity index (χ0) is 32.8. The van der Waals surface area contributed by atoms with Gasteiger partial charge in [-0.15, -0.1) is 22.7 Å². The van der Waals surface area contributed by atoms with Gasteiger partial charge in [0.15, 0.2) is 0 Å². The van der Waals surface area contributed by atoms with E-state index >= 15 is 0 Å².